The molecule has 1 aromatic carbocycles. The summed E-state index contributed by atoms with van der Waals surface area (Å²) in [6.45, 7) is 2.94. The van der Waals surface area contributed by atoms with Crippen molar-refractivity contribution < 1.29 is 26.4 Å². The highest BCUT2D eigenvalue weighted by Gasteiger charge is 2.42. The normalized spacial score (nSPS) is 14.1. The van der Waals surface area contributed by atoms with Crippen LogP contribution in [-0.4, -0.2) is 34.1 Å². The third-order valence-electron chi connectivity index (χ3n) is 5.11. The first-order chi connectivity index (χ1) is 16.3. The minimum absolute atomic E-state index is 0.0672. The molecule has 9 nitrogen and oxygen atoms in total. The van der Waals surface area contributed by atoms with Crippen LogP contribution in [0.1, 0.15) is 41.5 Å². The number of aryl methyl sites for hydroxylation is 2. The fourth-order valence-corrected chi connectivity index (χ4v) is 4.85. The first-order valence-electron chi connectivity index (χ1n) is 10.4. The SMILES string of the molecule is Cc1cc(C)nc(NS(=O)(=O)c2ccc(NC(=O)Cn3nc(C(F)(F)F)c(Cl)c3C3CC3)cc2)n1. The van der Waals surface area contributed by atoms with Crippen molar-refractivity contribution in [3.05, 3.63) is 58.1 Å². The van der Waals surface area contributed by atoms with E-state index >= 15 is 0 Å². The minimum atomic E-state index is -4.74. The Morgan fingerprint density at radius 1 is 1.14 bits per heavy atom. The van der Waals surface area contributed by atoms with E-state index in [4.69, 9.17) is 11.6 Å². The van der Waals surface area contributed by atoms with E-state index in [9.17, 15) is 26.4 Å². The Kier molecular flexibility index (Phi) is 6.49. The summed E-state index contributed by atoms with van der Waals surface area (Å²) in [5.41, 5.74) is 0.413. The van der Waals surface area contributed by atoms with Crippen molar-refractivity contribution in [2.45, 2.75) is 50.2 Å². The zero-order chi connectivity index (χ0) is 25.5. The molecule has 0 radical (unpaired) electrons. The van der Waals surface area contributed by atoms with Crippen molar-refractivity contribution in [2.24, 2.45) is 0 Å². The number of anilines is 2. The molecule has 4 rings (SSSR count). The molecular formula is C21H20ClF3N6O3S. The van der Waals surface area contributed by atoms with Gasteiger partial charge in [-0.25, -0.2) is 23.1 Å². The average molecular weight is 529 g/mol. The zero-order valence-electron chi connectivity index (χ0n) is 18.5. The van der Waals surface area contributed by atoms with E-state index in [0.29, 0.717) is 24.2 Å². The average Bonchev–Trinajstić information content (AvgIpc) is 3.50. The summed E-state index contributed by atoms with van der Waals surface area (Å²) in [6.07, 6.45) is -3.40. The van der Waals surface area contributed by atoms with Crippen LogP contribution in [-0.2, 0) is 27.5 Å². The van der Waals surface area contributed by atoms with Crippen LogP contribution in [0.2, 0.25) is 5.02 Å². The number of halogens is 4. The molecule has 186 valence electrons. The van der Waals surface area contributed by atoms with Gasteiger partial charge in [-0.15, -0.1) is 0 Å². The maximum Gasteiger partial charge on any atom is 0.436 e. The van der Waals surface area contributed by atoms with E-state index in [1.165, 1.54) is 24.3 Å². The number of carbonyl (C=O) groups is 1. The van der Waals surface area contributed by atoms with Gasteiger partial charge in [0.2, 0.25) is 11.9 Å². The Bertz CT molecular complexity index is 1370. The lowest BCUT2D eigenvalue weighted by molar-refractivity contribution is -0.141. The van der Waals surface area contributed by atoms with E-state index < -0.39 is 39.4 Å². The second-order valence-electron chi connectivity index (χ2n) is 8.13. The van der Waals surface area contributed by atoms with Gasteiger partial charge in [0.25, 0.3) is 10.0 Å². The smallest absolute Gasteiger partial charge is 0.324 e. The van der Waals surface area contributed by atoms with Crippen LogP contribution in [0, 0.1) is 13.8 Å². The molecule has 2 N–H and O–H groups in total. The summed E-state index contributed by atoms with van der Waals surface area (Å²) in [5.74, 6) is -0.878. The van der Waals surface area contributed by atoms with Crippen molar-refractivity contribution in [3.8, 4) is 0 Å². The Balaban J connectivity index is 1.46. The molecule has 0 saturated heterocycles. The van der Waals surface area contributed by atoms with Crippen molar-refractivity contribution in [1.29, 1.82) is 0 Å². The van der Waals surface area contributed by atoms with Gasteiger partial charge in [0.15, 0.2) is 5.69 Å². The molecule has 1 aliphatic rings. The predicted octanol–water partition coefficient (Wildman–Crippen LogP) is 4.28. The van der Waals surface area contributed by atoms with Gasteiger partial charge in [0.1, 0.15) is 6.54 Å². The Morgan fingerprint density at radius 3 is 2.29 bits per heavy atom. The van der Waals surface area contributed by atoms with Gasteiger partial charge in [-0.05, 0) is 57.0 Å². The minimum Gasteiger partial charge on any atom is -0.324 e. The number of benzene rings is 1. The van der Waals surface area contributed by atoms with E-state index in [0.717, 1.165) is 4.68 Å². The van der Waals surface area contributed by atoms with Crippen molar-refractivity contribution >= 4 is 39.2 Å². The molecule has 0 unspecified atom stereocenters. The fraction of sp³-hybridized carbons (Fsp3) is 0.333. The highest BCUT2D eigenvalue weighted by atomic mass is 35.5. The molecule has 2 heterocycles. The highest BCUT2D eigenvalue weighted by Crippen LogP contribution is 2.46. The molecule has 1 amide bonds. The Morgan fingerprint density at radius 2 is 1.74 bits per heavy atom. The largest absolute Gasteiger partial charge is 0.436 e. The second-order valence-corrected chi connectivity index (χ2v) is 10.2. The van der Waals surface area contributed by atoms with Gasteiger partial charge in [0.05, 0.1) is 15.6 Å². The number of sulfonamides is 1. The second kappa shape index (κ2) is 9.11. The van der Waals surface area contributed by atoms with Crippen LogP contribution in [0.5, 0.6) is 0 Å². The van der Waals surface area contributed by atoms with E-state index in [1.54, 1.807) is 19.9 Å². The Labute approximate surface area is 203 Å². The van der Waals surface area contributed by atoms with Gasteiger partial charge < -0.3 is 5.32 Å². The van der Waals surface area contributed by atoms with Gasteiger partial charge in [0, 0.05) is 23.0 Å². The number of nitrogens with zero attached hydrogens (tertiary/aromatic N) is 4. The molecular weight excluding hydrogens is 509 g/mol. The molecule has 0 atom stereocenters. The van der Waals surface area contributed by atoms with Crippen LogP contribution >= 0.6 is 11.6 Å². The number of carbonyl (C=O) groups excluding carboxylic acids is 1. The van der Waals surface area contributed by atoms with Gasteiger partial charge in [-0.1, -0.05) is 11.6 Å². The first kappa shape index (κ1) is 24.9. The first-order valence-corrected chi connectivity index (χ1v) is 12.3. The third-order valence-corrected chi connectivity index (χ3v) is 6.83. The van der Waals surface area contributed by atoms with E-state index in [1.807, 2.05) is 0 Å². The number of alkyl halides is 3. The molecule has 0 aliphatic heterocycles. The summed E-state index contributed by atoms with van der Waals surface area (Å²) < 4.78 is 68.1. The van der Waals surface area contributed by atoms with Crippen molar-refractivity contribution in [3.63, 3.8) is 0 Å². The Hall–Kier alpha value is -3.19. The number of hydrogen-bond acceptors (Lipinski definition) is 6. The standard InChI is InChI=1S/C21H20ClF3N6O3S/c1-11-9-12(2)27-20(26-11)30-35(33,34)15-7-5-14(6-8-15)28-16(32)10-31-18(13-3-4-13)17(22)19(29-31)21(23,24)25/h5-9,13H,3-4,10H2,1-2H3,(H,28,32)(H,26,27,30). The molecule has 3 aromatic rings. The summed E-state index contributed by atoms with van der Waals surface area (Å²) in [5, 5.41) is 5.56. The predicted molar refractivity (Wildman–Crippen MR) is 122 cm³/mol. The summed E-state index contributed by atoms with van der Waals surface area (Å²) in [6, 6.07) is 6.94. The van der Waals surface area contributed by atoms with Gasteiger partial charge >= 0.3 is 6.18 Å². The number of amides is 1. The molecule has 1 saturated carbocycles. The molecule has 14 heteroatoms. The fourth-order valence-electron chi connectivity index (χ4n) is 3.51. The lowest BCUT2D eigenvalue weighted by Gasteiger charge is -2.10. The lowest BCUT2D eigenvalue weighted by atomic mass is 10.2. The molecule has 0 bridgehead atoms. The molecule has 1 aliphatic carbocycles. The van der Waals surface area contributed by atoms with Crippen LogP contribution in [0.3, 0.4) is 0 Å². The molecule has 0 spiro atoms. The lowest BCUT2D eigenvalue weighted by Crippen LogP contribution is -2.21. The maximum absolute atomic E-state index is 13.2. The quantitative estimate of drug-likeness (QED) is 0.472. The topological polar surface area (TPSA) is 119 Å². The summed E-state index contributed by atoms with van der Waals surface area (Å²) in [7, 11) is -3.99. The summed E-state index contributed by atoms with van der Waals surface area (Å²) in [4.78, 5) is 20.5. The maximum atomic E-state index is 13.2. The highest BCUT2D eigenvalue weighted by molar-refractivity contribution is 7.92. The zero-order valence-corrected chi connectivity index (χ0v) is 20.1. The van der Waals surface area contributed by atoms with Crippen LogP contribution in [0.15, 0.2) is 35.2 Å². The van der Waals surface area contributed by atoms with Gasteiger partial charge in [-0.3, -0.25) is 9.48 Å². The van der Waals surface area contributed by atoms with Crippen LogP contribution in [0.25, 0.3) is 0 Å². The third kappa shape index (κ3) is 5.73. The molecule has 35 heavy (non-hydrogen) atoms. The number of aromatic nitrogens is 4. The van der Waals surface area contributed by atoms with Crippen molar-refractivity contribution in [2.75, 3.05) is 10.0 Å². The number of nitrogens with one attached hydrogen (secondary N) is 2. The van der Waals surface area contributed by atoms with E-state index in [-0.39, 0.29) is 28.1 Å². The summed E-state index contributed by atoms with van der Waals surface area (Å²) >= 11 is 5.92. The van der Waals surface area contributed by atoms with E-state index in [2.05, 4.69) is 25.1 Å². The van der Waals surface area contributed by atoms with Gasteiger partial charge in [-0.2, -0.15) is 18.3 Å². The number of hydrogen-bond donors (Lipinski definition) is 2. The number of rotatable bonds is 7. The molecule has 2 aromatic heterocycles. The molecule has 1 fully saturated rings. The van der Waals surface area contributed by atoms with Crippen LogP contribution < -0.4 is 10.0 Å². The monoisotopic (exact) mass is 528 g/mol. The van der Waals surface area contributed by atoms with Crippen molar-refractivity contribution in [1.82, 2.24) is 19.7 Å². The van der Waals surface area contributed by atoms with Crippen LogP contribution in [0.4, 0.5) is 24.8 Å².